The van der Waals surface area contributed by atoms with Crippen molar-refractivity contribution < 1.29 is 14.3 Å². The van der Waals surface area contributed by atoms with Crippen LogP contribution in [0.2, 0.25) is 0 Å². The summed E-state index contributed by atoms with van der Waals surface area (Å²) in [6.45, 7) is 3.78. The van der Waals surface area contributed by atoms with E-state index in [-0.39, 0.29) is 5.91 Å². The summed E-state index contributed by atoms with van der Waals surface area (Å²) < 4.78 is 4.75. The third kappa shape index (κ3) is 1.64. The first-order chi connectivity index (χ1) is 5.65. The van der Waals surface area contributed by atoms with Gasteiger partial charge in [0.25, 0.3) is 0 Å². The molecular weight excluding hydrogens is 158 g/mol. The number of carbonyl (C=O) groups excluding carboxylic acids is 2. The maximum atomic E-state index is 11.1. The SMILES string of the molecule is CCOC(=O)C1NC(=O)C=C1C. The molecule has 1 amide bonds. The third-order valence-corrected chi connectivity index (χ3v) is 1.62. The fourth-order valence-corrected chi connectivity index (χ4v) is 1.06. The zero-order valence-corrected chi connectivity index (χ0v) is 7.09. The summed E-state index contributed by atoms with van der Waals surface area (Å²) in [7, 11) is 0. The lowest BCUT2D eigenvalue weighted by Gasteiger charge is -2.10. The van der Waals surface area contributed by atoms with Crippen molar-refractivity contribution in [3.63, 3.8) is 0 Å². The molecule has 0 bridgehead atoms. The van der Waals surface area contributed by atoms with E-state index in [0.29, 0.717) is 12.2 Å². The summed E-state index contributed by atoms with van der Waals surface area (Å²) in [5.41, 5.74) is 0.707. The molecule has 1 aliphatic rings. The van der Waals surface area contributed by atoms with Crippen molar-refractivity contribution in [2.45, 2.75) is 19.9 Å². The Bertz CT molecular complexity index is 245. The first-order valence-electron chi connectivity index (χ1n) is 3.80. The van der Waals surface area contributed by atoms with E-state index >= 15 is 0 Å². The minimum atomic E-state index is -0.572. The van der Waals surface area contributed by atoms with Gasteiger partial charge in [-0.3, -0.25) is 4.79 Å². The van der Waals surface area contributed by atoms with Gasteiger partial charge in [-0.25, -0.2) is 4.79 Å². The molecule has 66 valence electrons. The molecule has 12 heavy (non-hydrogen) atoms. The highest BCUT2D eigenvalue weighted by atomic mass is 16.5. The molecule has 0 saturated carbocycles. The molecule has 1 aliphatic heterocycles. The van der Waals surface area contributed by atoms with Gasteiger partial charge in [0.05, 0.1) is 6.61 Å². The molecule has 1 N–H and O–H groups in total. The molecule has 0 aromatic heterocycles. The molecule has 0 aliphatic carbocycles. The van der Waals surface area contributed by atoms with Gasteiger partial charge in [0.2, 0.25) is 5.91 Å². The molecule has 0 aromatic rings. The number of nitrogens with one attached hydrogen (secondary N) is 1. The van der Waals surface area contributed by atoms with Crippen molar-refractivity contribution >= 4 is 11.9 Å². The molecule has 4 nitrogen and oxygen atoms in total. The molecule has 1 rings (SSSR count). The molecule has 0 saturated heterocycles. The number of rotatable bonds is 2. The Kier molecular flexibility index (Phi) is 2.47. The van der Waals surface area contributed by atoms with Gasteiger partial charge in [-0.2, -0.15) is 0 Å². The lowest BCUT2D eigenvalue weighted by atomic mass is 10.2. The fraction of sp³-hybridized carbons (Fsp3) is 0.500. The van der Waals surface area contributed by atoms with Crippen LogP contribution in [0.25, 0.3) is 0 Å². The van der Waals surface area contributed by atoms with Crippen molar-refractivity contribution in [3.05, 3.63) is 11.6 Å². The zero-order chi connectivity index (χ0) is 9.14. The monoisotopic (exact) mass is 169 g/mol. The van der Waals surface area contributed by atoms with Crippen molar-refractivity contribution in [3.8, 4) is 0 Å². The van der Waals surface area contributed by atoms with Crippen molar-refractivity contribution in [1.29, 1.82) is 0 Å². The lowest BCUT2D eigenvalue weighted by molar-refractivity contribution is -0.145. The van der Waals surface area contributed by atoms with Crippen molar-refractivity contribution in [2.75, 3.05) is 6.61 Å². The molecule has 0 spiro atoms. The minimum absolute atomic E-state index is 0.231. The quantitative estimate of drug-likeness (QED) is 0.592. The second-order valence-corrected chi connectivity index (χ2v) is 2.58. The maximum Gasteiger partial charge on any atom is 0.332 e. The highest BCUT2D eigenvalue weighted by Gasteiger charge is 2.28. The van der Waals surface area contributed by atoms with Crippen LogP contribution in [0.15, 0.2) is 11.6 Å². The van der Waals surface area contributed by atoms with Crippen LogP contribution in [0.3, 0.4) is 0 Å². The number of ether oxygens (including phenoxy) is 1. The summed E-state index contributed by atoms with van der Waals surface area (Å²) in [4.78, 5) is 21.9. The Morgan fingerprint density at radius 1 is 1.75 bits per heavy atom. The van der Waals surface area contributed by atoms with E-state index in [0.717, 1.165) is 0 Å². The van der Waals surface area contributed by atoms with Gasteiger partial charge >= 0.3 is 5.97 Å². The second kappa shape index (κ2) is 3.38. The number of amides is 1. The normalized spacial score (nSPS) is 21.7. The summed E-state index contributed by atoms with van der Waals surface area (Å²) >= 11 is 0. The molecule has 0 radical (unpaired) electrons. The average molecular weight is 169 g/mol. The maximum absolute atomic E-state index is 11.1. The van der Waals surface area contributed by atoms with E-state index in [1.807, 2.05) is 0 Å². The molecule has 4 heteroatoms. The molecule has 1 heterocycles. The lowest BCUT2D eigenvalue weighted by Crippen LogP contribution is -2.36. The van der Waals surface area contributed by atoms with Crippen LogP contribution >= 0.6 is 0 Å². The van der Waals surface area contributed by atoms with Crippen LogP contribution in [-0.2, 0) is 14.3 Å². The van der Waals surface area contributed by atoms with Gasteiger partial charge in [-0.15, -0.1) is 0 Å². The standard InChI is InChI=1S/C8H11NO3/c1-3-12-8(11)7-5(2)4-6(10)9-7/h4,7H,3H2,1-2H3,(H,9,10). The summed E-state index contributed by atoms with van der Waals surface area (Å²) in [5.74, 6) is -0.623. The molecule has 0 fully saturated rings. The Hall–Kier alpha value is -1.32. The van der Waals surface area contributed by atoms with E-state index in [1.54, 1.807) is 13.8 Å². The van der Waals surface area contributed by atoms with Crippen LogP contribution < -0.4 is 5.32 Å². The van der Waals surface area contributed by atoms with Gasteiger partial charge in [-0.05, 0) is 19.4 Å². The van der Waals surface area contributed by atoms with Crippen LogP contribution in [0.5, 0.6) is 0 Å². The smallest absolute Gasteiger partial charge is 0.332 e. The van der Waals surface area contributed by atoms with Gasteiger partial charge < -0.3 is 10.1 Å². The topological polar surface area (TPSA) is 55.4 Å². The summed E-state index contributed by atoms with van der Waals surface area (Å²) in [5, 5.41) is 2.48. The van der Waals surface area contributed by atoms with Crippen LogP contribution in [0.1, 0.15) is 13.8 Å². The fourth-order valence-electron chi connectivity index (χ4n) is 1.06. The summed E-state index contributed by atoms with van der Waals surface area (Å²) in [6, 6.07) is -0.572. The molecule has 0 aromatic carbocycles. The number of hydrogen-bond acceptors (Lipinski definition) is 3. The van der Waals surface area contributed by atoms with Crippen molar-refractivity contribution in [1.82, 2.24) is 5.32 Å². The number of esters is 1. The van der Waals surface area contributed by atoms with Gasteiger partial charge in [0.1, 0.15) is 6.04 Å². The Morgan fingerprint density at radius 3 is 2.83 bits per heavy atom. The highest BCUT2D eigenvalue weighted by Crippen LogP contribution is 2.09. The van der Waals surface area contributed by atoms with Gasteiger partial charge in [0, 0.05) is 6.08 Å². The van der Waals surface area contributed by atoms with E-state index < -0.39 is 12.0 Å². The van der Waals surface area contributed by atoms with E-state index in [9.17, 15) is 9.59 Å². The van der Waals surface area contributed by atoms with Crippen LogP contribution in [0.4, 0.5) is 0 Å². The minimum Gasteiger partial charge on any atom is -0.464 e. The van der Waals surface area contributed by atoms with Gasteiger partial charge in [0.15, 0.2) is 0 Å². The zero-order valence-electron chi connectivity index (χ0n) is 7.09. The first-order valence-corrected chi connectivity index (χ1v) is 3.80. The predicted octanol–water partition coefficient (Wildman–Crippen LogP) is -0.00580. The Balaban J connectivity index is 2.61. The van der Waals surface area contributed by atoms with Crippen molar-refractivity contribution in [2.24, 2.45) is 0 Å². The Morgan fingerprint density at radius 2 is 2.42 bits per heavy atom. The van der Waals surface area contributed by atoms with Crippen LogP contribution in [0, 0.1) is 0 Å². The third-order valence-electron chi connectivity index (χ3n) is 1.62. The average Bonchev–Trinajstić information content (AvgIpc) is 2.30. The van der Waals surface area contributed by atoms with E-state index in [4.69, 9.17) is 4.74 Å². The highest BCUT2D eigenvalue weighted by molar-refractivity contribution is 5.98. The molecule has 1 unspecified atom stereocenters. The van der Waals surface area contributed by atoms with E-state index in [2.05, 4.69) is 5.32 Å². The second-order valence-electron chi connectivity index (χ2n) is 2.58. The largest absolute Gasteiger partial charge is 0.464 e. The van der Waals surface area contributed by atoms with Crippen LogP contribution in [-0.4, -0.2) is 24.5 Å². The van der Waals surface area contributed by atoms with Gasteiger partial charge in [-0.1, -0.05) is 0 Å². The number of hydrogen-bond donors (Lipinski definition) is 1. The molecule has 1 atom stereocenters. The summed E-state index contributed by atoms with van der Waals surface area (Å²) in [6.07, 6.45) is 1.40. The first kappa shape index (κ1) is 8.77. The number of carbonyl (C=O) groups is 2. The Labute approximate surface area is 70.6 Å². The van der Waals surface area contributed by atoms with E-state index in [1.165, 1.54) is 6.08 Å². The molecular formula is C8H11NO3. The predicted molar refractivity (Wildman–Crippen MR) is 42.3 cm³/mol.